The lowest BCUT2D eigenvalue weighted by Crippen LogP contribution is -2.46. The first kappa shape index (κ1) is 19.1. The number of benzene rings is 1. The van der Waals surface area contributed by atoms with Gasteiger partial charge in [0.2, 0.25) is 0 Å². The van der Waals surface area contributed by atoms with Crippen LogP contribution in [0, 0.1) is 0 Å². The fourth-order valence-corrected chi connectivity index (χ4v) is 3.69. The van der Waals surface area contributed by atoms with Gasteiger partial charge >= 0.3 is 0 Å². The average Bonchev–Trinajstić information content (AvgIpc) is 2.66. The number of fused-ring (bicyclic) bond motifs is 1. The Morgan fingerprint density at radius 2 is 1.81 bits per heavy atom. The first-order valence-electron chi connectivity index (χ1n) is 9.51. The number of pyridine rings is 1. The lowest BCUT2D eigenvalue weighted by atomic mass is 9.96. The molecule has 0 amide bonds. The molecule has 1 aromatic heterocycles. The van der Waals surface area contributed by atoms with Crippen LogP contribution in [0.1, 0.15) is 30.9 Å². The van der Waals surface area contributed by atoms with Crippen LogP contribution < -0.4 is 4.74 Å². The summed E-state index contributed by atoms with van der Waals surface area (Å²) >= 11 is 0. The van der Waals surface area contributed by atoms with Crippen molar-refractivity contribution in [3.63, 3.8) is 0 Å². The van der Waals surface area contributed by atoms with Crippen molar-refractivity contribution >= 4 is 10.9 Å². The lowest BCUT2D eigenvalue weighted by molar-refractivity contribution is 0.0939. The van der Waals surface area contributed by atoms with E-state index in [4.69, 9.17) is 14.5 Å². The molecule has 0 unspecified atom stereocenters. The first-order valence-corrected chi connectivity index (χ1v) is 9.51. The Labute approximate surface area is 156 Å². The van der Waals surface area contributed by atoms with E-state index in [1.807, 2.05) is 6.20 Å². The molecular weight excluding hydrogens is 326 g/mol. The minimum Gasteiger partial charge on any atom is -0.497 e. The van der Waals surface area contributed by atoms with Gasteiger partial charge in [0, 0.05) is 58.0 Å². The monoisotopic (exact) mass is 357 g/mol. The molecule has 1 aromatic carbocycles. The molecule has 1 aliphatic rings. The zero-order chi connectivity index (χ0) is 18.5. The van der Waals surface area contributed by atoms with Crippen molar-refractivity contribution in [2.75, 3.05) is 53.6 Å². The number of hydrogen-bond acceptors (Lipinski definition) is 5. The van der Waals surface area contributed by atoms with E-state index >= 15 is 0 Å². The highest BCUT2D eigenvalue weighted by Crippen LogP contribution is 2.31. The molecule has 0 saturated carbocycles. The van der Waals surface area contributed by atoms with Crippen LogP contribution in [-0.4, -0.2) is 68.3 Å². The maximum Gasteiger partial charge on any atom is 0.119 e. The predicted molar refractivity (Wildman–Crippen MR) is 106 cm³/mol. The molecule has 0 atom stereocenters. The average molecular weight is 357 g/mol. The molecule has 0 radical (unpaired) electrons. The molecule has 1 saturated heterocycles. The standard InChI is InChI=1S/C21H31N3O2/c1-16(2)19-5-6-22-21-17(13-18(26-4)14-20(19)21)15-24-9-7-23(8-10-24)11-12-25-3/h5-6,13-14,16H,7-12,15H2,1-4H3. The molecule has 3 rings (SSSR count). The molecule has 5 nitrogen and oxygen atoms in total. The minimum absolute atomic E-state index is 0.463. The minimum atomic E-state index is 0.463. The van der Waals surface area contributed by atoms with Crippen molar-refractivity contribution in [3.05, 3.63) is 35.5 Å². The van der Waals surface area contributed by atoms with E-state index in [-0.39, 0.29) is 0 Å². The lowest BCUT2D eigenvalue weighted by Gasteiger charge is -2.34. The third kappa shape index (κ3) is 4.34. The number of nitrogens with zero attached hydrogens (tertiary/aromatic N) is 3. The molecule has 0 spiro atoms. The van der Waals surface area contributed by atoms with Crippen molar-refractivity contribution in [1.29, 1.82) is 0 Å². The number of rotatable bonds is 7. The van der Waals surface area contributed by atoms with Crippen molar-refractivity contribution in [2.24, 2.45) is 0 Å². The molecule has 1 fully saturated rings. The zero-order valence-electron chi connectivity index (χ0n) is 16.5. The summed E-state index contributed by atoms with van der Waals surface area (Å²) in [6.45, 7) is 11.5. The van der Waals surface area contributed by atoms with Gasteiger partial charge in [-0.15, -0.1) is 0 Å². The van der Waals surface area contributed by atoms with Gasteiger partial charge < -0.3 is 9.47 Å². The van der Waals surface area contributed by atoms with Gasteiger partial charge in [0.15, 0.2) is 0 Å². The summed E-state index contributed by atoms with van der Waals surface area (Å²) in [7, 11) is 3.51. The van der Waals surface area contributed by atoms with E-state index in [1.165, 1.54) is 16.5 Å². The number of hydrogen-bond donors (Lipinski definition) is 0. The Hall–Kier alpha value is -1.69. The second kappa shape index (κ2) is 8.80. The largest absolute Gasteiger partial charge is 0.497 e. The quantitative estimate of drug-likeness (QED) is 0.761. The summed E-state index contributed by atoms with van der Waals surface area (Å²) in [6.07, 6.45) is 1.94. The van der Waals surface area contributed by atoms with Crippen LogP contribution in [0.25, 0.3) is 10.9 Å². The third-order valence-corrected chi connectivity index (χ3v) is 5.26. The number of ether oxygens (including phenoxy) is 2. The molecule has 26 heavy (non-hydrogen) atoms. The summed E-state index contributed by atoms with van der Waals surface area (Å²) in [5, 5.41) is 1.22. The maximum atomic E-state index is 5.58. The van der Waals surface area contributed by atoms with E-state index in [2.05, 4.69) is 41.8 Å². The summed E-state index contributed by atoms with van der Waals surface area (Å²) in [4.78, 5) is 9.70. The van der Waals surface area contributed by atoms with Gasteiger partial charge in [0.25, 0.3) is 0 Å². The van der Waals surface area contributed by atoms with Gasteiger partial charge in [-0.2, -0.15) is 0 Å². The van der Waals surface area contributed by atoms with Crippen LogP contribution in [0.5, 0.6) is 5.75 Å². The van der Waals surface area contributed by atoms with Crippen molar-refractivity contribution in [3.8, 4) is 5.75 Å². The van der Waals surface area contributed by atoms with Gasteiger partial charge in [0.05, 0.1) is 19.2 Å². The Morgan fingerprint density at radius 3 is 2.46 bits per heavy atom. The number of piperazine rings is 1. The van der Waals surface area contributed by atoms with Crippen LogP contribution in [-0.2, 0) is 11.3 Å². The molecule has 5 heteroatoms. The van der Waals surface area contributed by atoms with Crippen molar-refractivity contribution in [1.82, 2.24) is 14.8 Å². The second-order valence-corrected chi connectivity index (χ2v) is 7.35. The van der Waals surface area contributed by atoms with E-state index in [9.17, 15) is 0 Å². The van der Waals surface area contributed by atoms with Crippen molar-refractivity contribution in [2.45, 2.75) is 26.3 Å². The fourth-order valence-electron chi connectivity index (χ4n) is 3.69. The zero-order valence-corrected chi connectivity index (χ0v) is 16.5. The van der Waals surface area contributed by atoms with Crippen LogP contribution in [0.4, 0.5) is 0 Å². The third-order valence-electron chi connectivity index (χ3n) is 5.26. The Bertz CT molecular complexity index is 725. The van der Waals surface area contributed by atoms with Crippen molar-refractivity contribution < 1.29 is 9.47 Å². The van der Waals surface area contributed by atoms with Gasteiger partial charge in [0.1, 0.15) is 5.75 Å². The van der Waals surface area contributed by atoms with Crippen LogP contribution in [0.3, 0.4) is 0 Å². The summed E-state index contributed by atoms with van der Waals surface area (Å²) in [5.74, 6) is 1.38. The maximum absolute atomic E-state index is 5.58. The second-order valence-electron chi connectivity index (χ2n) is 7.35. The van der Waals surface area contributed by atoms with E-state index in [0.29, 0.717) is 5.92 Å². The molecular formula is C21H31N3O2. The van der Waals surface area contributed by atoms with Gasteiger partial charge in [-0.1, -0.05) is 13.8 Å². The molecule has 2 aromatic rings. The Kier molecular flexibility index (Phi) is 6.46. The number of aromatic nitrogens is 1. The van der Waals surface area contributed by atoms with E-state index in [0.717, 1.165) is 57.1 Å². The fraction of sp³-hybridized carbons (Fsp3) is 0.571. The predicted octanol–water partition coefficient (Wildman–Crippen LogP) is 3.13. The molecule has 1 aliphatic heterocycles. The SMILES string of the molecule is COCCN1CCN(Cc2cc(OC)cc3c(C(C)C)ccnc23)CC1. The highest BCUT2D eigenvalue weighted by atomic mass is 16.5. The Morgan fingerprint density at radius 1 is 1.08 bits per heavy atom. The van der Waals surface area contributed by atoms with Crippen LogP contribution in [0.15, 0.2) is 24.4 Å². The molecule has 142 valence electrons. The highest BCUT2D eigenvalue weighted by molar-refractivity contribution is 5.87. The van der Waals surface area contributed by atoms with Gasteiger partial charge in [-0.25, -0.2) is 0 Å². The molecule has 0 aliphatic carbocycles. The first-order chi connectivity index (χ1) is 12.6. The van der Waals surface area contributed by atoms with Crippen LogP contribution >= 0.6 is 0 Å². The smallest absolute Gasteiger partial charge is 0.119 e. The van der Waals surface area contributed by atoms with Crippen LogP contribution in [0.2, 0.25) is 0 Å². The molecule has 0 bridgehead atoms. The van der Waals surface area contributed by atoms with E-state index < -0.39 is 0 Å². The Balaban J connectivity index is 1.81. The summed E-state index contributed by atoms with van der Waals surface area (Å²) in [6, 6.07) is 6.41. The van der Waals surface area contributed by atoms with E-state index in [1.54, 1.807) is 14.2 Å². The summed E-state index contributed by atoms with van der Waals surface area (Å²) < 4.78 is 10.8. The summed E-state index contributed by atoms with van der Waals surface area (Å²) in [5.41, 5.74) is 3.70. The molecule has 0 N–H and O–H groups in total. The topological polar surface area (TPSA) is 37.8 Å². The van der Waals surface area contributed by atoms with Gasteiger partial charge in [-0.05, 0) is 35.2 Å². The number of methoxy groups -OCH3 is 2. The van der Waals surface area contributed by atoms with Gasteiger partial charge in [-0.3, -0.25) is 14.8 Å². The normalized spacial score (nSPS) is 16.5. The molecule has 2 heterocycles. The highest BCUT2D eigenvalue weighted by Gasteiger charge is 2.19.